The average molecular weight is 294 g/mol. The maximum Gasteiger partial charge on any atom is 0.197 e. The van der Waals surface area contributed by atoms with E-state index in [-0.39, 0.29) is 11.8 Å². The SMILES string of the molecule is Oc1ccc2nc(Br)nc(C3CCCN3)c2c1. The lowest BCUT2D eigenvalue weighted by molar-refractivity contribution is 0.476. The number of nitrogens with one attached hydrogen (secondary N) is 1. The molecule has 3 rings (SSSR count). The van der Waals surface area contributed by atoms with Crippen LogP contribution in [0.4, 0.5) is 0 Å². The van der Waals surface area contributed by atoms with Gasteiger partial charge in [0.15, 0.2) is 4.73 Å². The second-order valence-electron chi connectivity index (χ2n) is 4.23. The van der Waals surface area contributed by atoms with Crippen LogP contribution in [0.1, 0.15) is 24.6 Å². The van der Waals surface area contributed by atoms with E-state index in [1.807, 2.05) is 6.07 Å². The Morgan fingerprint density at radius 1 is 1.35 bits per heavy atom. The van der Waals surface area contributed by atoms with Crippen LogP contribution in [-0.4, -0.2) is 21.6 Å². The van der Waals surface area contributed by atoms with E-state index in [9.17, 15) is 5.11 Å². The highest BCUT2D eigenvalue weighted by Gasteiger charge is 2.21. The van der Waals surface area contributed by atoms with Gasteiger partial charge in [0.05, 0.1) is 17.3 Å². The van der Waals surface area contributed by atoms with Crippen LogP contribution in [0.2, 0.25) is 0 Å². The van der Waals surface area contributed by atoms with Gasteiger partial charge in [-0.15, -0.1) is 0 Å². The molecular weight excluding hydrogens is 282 g/mol. The molecule has 2 heterocycles. The molecule has 1 saturated heterocycles. The largest absolute Gasteiger partial charge is 0.508 e. The monoisotopic (exact) mass is 293 g/mol. The topological polar surface area (TPSA) is 58.0 Å². The molecule has 2 aromatic rings. The Morgan fingerprint density at radius 2 is 2.24 bits per heavy atom. The zero-order chi connectivity index (χ0) is 11.8. The molecule has 1 fully saturated rings. The third kappa shape index (κ3) is 2.00. The van der Waals surface area contributed by atoms with Crippen LogP contribution in [0.15, 0.2) is 22.9 Å². The van der Waals surface area contributed by atoms with Gasteiger partial charge in [-0.05, 0) is 53.5 Å². The van der Waals surface area contributed by atoms with Gasteiger partial charge < -0.3 is 10.4 Å². The van der Waals surface area contributed by atoms with Gasteiger partial charge in [-0.2, -0.15) is 0 Å². The standard InChI is InChI=1S/C12H12BrN3O/c13-12-15-9-4-3-7(17)6-8(9)11(16-12)10-2-1-5-14-10/h3-4,6,10,14,17H,1-2,5H2. The number of benzene rings is 1. The van der Waals surface area contributed by atoms with Crippen molar-refractivity contribution in [2.24, 2.45) is 0 Å². The first-order valence-electron chi connectivity index (χ1n) is 5.63. The number of rotatable bonds is 1. The summed E-state index contributed by atoms with van der Waals surface area (Å²) in [5.41, 5.74) is 1.82. The molecule has 1 aromatic carbocycles. The minimum absolute atomic E-state index is 0.252. The Morgan fingerprint density at radius 3 is 3.00 bits per heavy atom. The van der Waals surface area contributed by atoms with Crippen LogP contribution in [0.5, 0.6) is 5.75 Å². The number of aromatic nitrogens is 2. The van der Waals surface area contributed by atoms with E-state index in [4.69, 9.17) is 0 Å². The van der Waals surface area contributed by atoms with E-state index in [0.717, 1.165) is 36.0 Å². The summed E-state index contributed by atoms with van der Waals surface area (Å²) in [6, 6.07) is 5.46. The summed E-state index contributed by atoms with van der Waals surface area (Å²) in [5, 5.41) is 13.9. The summed E-state index contributed by atoms with van der Waals surface area (Å²) < 4.78 is 0.597. The minimum Gasteiger partial charge on any atom is -0.508 e. The maximum absolute atomic E-state index is 9.58. The van der Waals surface area contributed by atoms with Crippen LogP contribution in [0.25, 0.3) is 10.9 Å². The number of phenols is 1. The smallest absolute Gasteiger partial charge is 0.197 e. The van der Waals surface area contributed by atoms with Crippen molar-refractivity contribution in [2.45, 2.75) is 18.9 Å². The molecule has 0 aliphatic carbocycles. The molecule has 17 heavy (non-hydrogen) atoms. The van der Waals surface area contributed by atoms with Crippen molar-refractivity contribution in [1.82, 2.24) is 15.3 Å². The number of aromatic hydroxyl groups is 1. The first-order valence-corrected chi connectivity index (χ1v) is 6.43. The molecule has 88 valence electrons. The van der Waals surface area contributed by atoms with Crippen molar-refractivity contribution >= 4 is 26.8 Å². The van der Waals surface area contributed by atoms with Crippen molar-refractivity contribution in [2.75, 3.05) is 6.54 Å². The Hall–Kier alpha value is -1.20. The molecule has 1 aliphatic rings. The molecule has 1 atom stereocenters. The molecule has 1 unspecified atom stereocenters. The Labute approximate surface area is 107 Å². The number of phenolic OH excluding ortho intramolecular Hbond substituents is 1. The minimum atomic E-state index is 0.252. The molecule has 1 aromatic heterocycles. The van der Waals surface area contributed by atoms with Crippen molar-refractivity contribution in [3.63, 3.8) is 0 Å². The zero-order valence-corrected chi connectivity index (χ0v) is 10.7. The maximum atomic E-state index is 9.58. The van der Waals surface area contributed by atoms with Gasteiger partial charge in [-0.25, -0.2) is 9.97 Å². The van der Waals surface area contributed by atoms with Gasteiger partial charge in [0.25, 0.3) is 0 Å². The molecule has 4 nitrogen and oxygen atoms in total. The normalized spacial score (nSPS) is 19.9. The Bertz CT molecular complexity index is 567. The van der Waals surface area contributed by atoms with Gasteiger partial charge >= 0.3 is 0 Å². The summed E-state index contributed by atoms with van der Waals surface area (Å²) in [4.78, 5) is 8.77. The molecule has 0 amide bonds. The van der Waals surface area contributed by atoms with Gasteiger partial charge in [0, 0.05) is 5.39 Å². The first kappa shape index (κ1) is 10.9. The Kier molecular flexibility index (Phi) is 2.72. The zero-order valence-electron chi connectivity index (χ0n) is 9.15. The molecule has 0 bridgehead atoms. The molecule has 1 aliphatic heterocycles. The molecule has 0 spiro atoms. The van der Waals surface area contributed by atoms with Crippen LogP contribution >= 0.6 is 15.9 Å². The highest BCUT2D eigenvalue weighted by Crippen LogP contribution is 2.30. The van der Waals surface area contributed by atoms with E-state index in [0.29, 0.717) is 4.73 Å². The fourth-order valence-corrected chi connectivity index (χ4v) is 2.68. The summed E-state index contributed by atoms with van der Waals surface area (Å²) in [5.74, 6) is 0.252. The third-order valence-electron chi connectivity index (χ3n) is 3.07. The number of hydrogen-bond donors (Lipinski definition) is 2. The van der Waals surface area contributed by atoms with Crippen molar-refractivity contribution < 1.29 is 5.11 Å². The predicted molar refractivity (Wildman–Crippen MR) is 68.9 cm³/mol. The van der Waals surface area contributed by atoms with Crippen molar-refractivity contribution in [3.05, 3.63) is 28.6 Å². The van der Waals surface area contributed by atoms with Gasteiger partial charge in [-0.1, -0.05) is 0 Å². The second kappa shape index (κ2) is 4.23. The fraction of sp³-hybridized carbons (Fsp3) is 0.333. The molecule has 5 heteroatoms. The third-order valence-corrected chi connectivity index (χ3v) is 3.43. The quantitative estimate of drug-likeness (QED) is 0.794. The van der Waals surface area contributed by atoms with Gasteiger partial charge in [0.2, 0.25) is 0 Å². The Balaban J connectivity index is 2.23. The van der Waals surface area contributed by atoms with Crippen LogP contribution in [0, 0.1) is 0 Å². The van der Waals surface area contributed by atoms with E-state index >= 15 is 0 Å². The molecule has 0 saturated carbocycles. The summed E-state index contributed by atoms with van der Waals surface area (Å²) in [6.45, 7) is 1.02. The lowest BCUT2D eigenvalue weighted by Crippen LogP contribution is -2.15. The summed E-state index contributed by atoms with van der Waals surface area (Å²) >= 11 is 3.34. The highest BCUT2D eigenvalue weighted by molar-refractivity contribution is 9.10. The van der Waals surface area contributed by atoms with Crippen molar-refractivity contribution in [3.8, 4) is 5.75 Å². The van der Waals surface area contributed by atoms with E-state index in [2.05, 4.69) is 31.2 Å². The predicted octanol–water partition coefficient (Wildman–Crippen LogP) is 2.52. The van der Waals surface area contributed by atoms with Gasteiger partial charge in [-0.3, -0.25) is 0 Å². The number of hydrogen-bond acceptors (Lipinski definition) is 4. The summed E-state index contributed by atoms with van der Waals surface area (Å²) in [7, 11) is 0. The lowest BCUT2D eigenvalue weighted by Gasteiger charge is -2.12. The van der Waals surface area contributed by atoms with Crippen LogP contribution < -0.4 is 5.32 Å². The number of halogens is 1. The van der Waals surface area contributed by atoms with Gasteiger partial charge in [0.1, 0.15) is 5.75 Å². The average Bonchev–Trinajstić information content (AvgIpc) is 2.82. The van der Waals surface area contributed by atoms with Crippen LogP contribution in [0.3, 0.4) is 0 Å². The molecular formula is C12H12BrN3O. The highest BCUT2D eigenvalue weighted by atomic mass is 79.9. The summed E-state index contributed by atoms with van der Waals surface area (Å²) in [6.07, 6.45) is 2.24. The van der Waals surface area contributed by atoms with Crippen LogP contribution in [-0.2, 0) is 0 Å². The second-order valence-corrected chi connectivity index (χ2v) is 4.94. The fourth-order valence-electron chi connectivity index (χ4n) is 2.29. The lowest BCUT2D eigenvalue weighted by atomic mass is 10.1. The van der Waals surface area contributed by atoms with E-state index in [1.54, 1.807) is 12.1 Å². The van der Waals surface area contributed by atoms with E-state index < -0.39 is 0 Å². The molecule has 0 radical (unpaired) electrons. The number of nitrogens with zero attached hydrogens (tertiary/aromatic N) is 2. The first-order chi connectivity index (χ1) is 8.24. The molecule has 2 N–H and O–H groups in total. The van der Waals surface area contributed by atoms with Crippen molar-refractivity contribution in [1.29, 1.82) is 0 Å². The van der Waals surface area contributed by atoms with E-state index in [1.165, 1.54) is 0 Å². The number of fused-ring (bicyclic) bond motifs is 1.